The van der Waals surface area contributed by atoms with Gasteiger partial charge in [0, 0.05) is 35.3 Å². The van der Waals surface area contributed by atoms with Gasteiger partial charge in [0.1, 0.15) is 24.3 Å². The number of nitrogens with zero attached hydrogens (tertiary/aromatic N) is 1. The summed E-state index contributed by atoms with van der Waals surface area (Å²) in [6, 6.07) is 3.87. The molecule has 1 aromatic carbocycles. The molecule has 3 rings (SSSR count). The number of halogens is 5. The highest BCUT2D eigenvalue weighted by Crippen LogP contribution is 2.39. The van der Waals surface area contributed by atoms with Crippen LogP contribution in [0.3, 0.4) is 0 Å². The molecule has 1 saturated heterocycles. The number of aromatic nitrogens is 1. The van der Waals surface area contributed by atoms with E-state index in [4.69, 9.17) is 38.4 Å². The molecule has 1 unspecified atom stereocenters. The molecular weight excluding hydrogens is 474 g/mol. The molecule has 1 aliphatic heterocycles. The molecule has 2 amide bonds. The van der Waals surface area contributed by atoms with Crippen LogP contribution in [0.15, 0.2) is 24.4 Å². The van der Waals surface area contributed by atoms with E-state index in [9.17, 15) is 22.8 Å². The summed E-state index contributed by atoms with van der Waals surface area (Å²) in [7, 11) is 0. The summed E-state index contributed by atoms with van der Waals surface area (Å²) in [4.78, 5) is 27.2. The Morgan fingerprint density at radius 1 is 1.31 bits per heavy atom. The first-order valence-corrected chi connectivity index (χ1v) is 10.2. The number of ether oxygens (including phenoxy) is 2. The van der Waals surface area contributed by atoms with Crippen LogP contribution < -0.4 is 15.8 Å². The largest absolute Gasteiger partial charge is 0.485 e. The standard InChI is InChI=1S/C20H18Cl2F3N3O4/c21-10-4-11(17(13(22)5-10)32-8-16(24)25)9-3-14(23)15(28-6-9)1-2-27-20(30)12-7-31-18(12)19(26)29/h3-6,12,16,18H,1-2,7-8H2,(H2,26,29)(H,27,30)/t12?,18-/m1/s1. The van der Waals surface area contributed by atoms with Crippen molar-refractivity contribution < 1.29 is 32.2 Å². The molecule has 7 nitrogen and oxygen atoms in total. The van der Waals surface area contributed by atoms with Gasteiger partial charge < -0.3 is 20.5 Å². The van der Waals surface area contributed by atoms with Gasteiger partial charge in [0.15, 0.2) is 0 Å². The van der Waals surface area contributed by atoms with Gasteiger partial charge in [-0.1, -0.05) is 23.2 Å². The van der Waals surface area contributed by atoms with Crippen LogP contribution in [0.1, 0.15) is 5.69 Å². The van der Waals surface area contributed by atoms with Crippen molar-refractivity contribution in [1.29, 1.82) is 0 Å². The third kappa shape index (κ3) is 5.62. The highest BCUT2D eigenvalue weighted by atomic mass is 35.5. The predicted molar refractivity (Wildman–Crippen MR) is 110 cm³/mol. The van der Waals surface area contributed by atoms with Gasteiger partial charge >= 0.3 is 0 Å². The Hall–Kier alpha value is -2.56. The number of carbonyl (C=O) groups is 2. The molecule has 0 saturated carbocycles. The van der Waals surface area contributed by atoms with Crippen molar-refractivity contribution in [2.75, 3.05) is 19.8 Å². The fraction of sp³-hybridized carbons (Fsp3) is 0.350. The SMILES string of the molecule is NC(=O)[C@@H]1OCC1C(=O)NCCc1ncc(-c2cc(Cl)cc(Cl)c2OCC(F)F)cc1F. The Kier molecular flexibility index (Phi) is 7.81. The topological polar surface area (TPSA) is 104 Å². The molecule has 172 valence electrons. The Morgan fingerprint density at radius 2 is 2.06 bits per heavy atom. The van der Waals surface area contributed by atoms with E-state index in [1.165, 1.54) is 18.3 Å². The van der Waals surface area contributed by atoms with Gasteiger partial charge in [0.05, 0.1) is 23.2 Å². The van der Waals surface area contributed by atoms with Crippen LogP contribution in [0.4, 0.5) is 13.2 Å². The maximum atomic E-state index is 14.6. The van der Waals surface area contributed by atoms with Crippen molar-refractivity contribution in [3.05, 3.63) is 46.0 Å². The number of alkyl halides is 2. The van der Waals surface area contributed by atoms with Crippen LogP contribution in [-0.2, 0) is 20.7 Å². The molecule has 0 spiro atoms. The molecular formula is C20H18Cl2F3N3O4. The third-order valence-corrected chi connectivity index (χ3v) is 5.19. The van der Waals surface area contributed by atoms with Crippen molar-refractivity contribution in [3.63, 3.8) is 0 Å². The predicted octanol–water partition coefficient (Wildman–Crippen LogP) is 3.00. The van der Waals surface area contributed by atoms with Gasteiger partial charge in [-0.15, -0.1) is 0 Å². The molecule has 1 aromatic heterocycles. The van der Waals surface area contributed by atoms with Gasteiger partial charge in [0.2, 0.25) is 11.8 Å². The van der Waals surface area contributed by atoms with E-state index >= 15 is 0 Å². The lowest BCUT2D eigenvalue weighted by atomic mass is 9.96. The summed E-state index contributed by atoms with van der Waals surface area (Å²) in [5, 5.41) is 2.78. The lowest BCUT2D eigenvalue weighted by Crippen LogP contribution is -2.55. The van der Waals surface area contributed by atoms with E-state index in [1.54, 1.807) is 0 Å². The monoisotopic (exact) mass is 491 g/mol. The molecule has 12 heteroatoms. The number of hydrogen-bond donors (Lipinski definition) is 2. The second kappa shape index (κ2) is 10.4. The highest BCUT2D eigenvalue weighted by molar-refractivity contribution is 6.36. The summed E-state index contributed by atoms with van der Waals surface area (Å²) in [6.45, 7) is -0.751. The summed E-state index contributed by atoms with van der Waals surface area (Å²) in [5.74, 6) is -2.57. The molecule has 32 heavy (non-hydrogen) atoms. The molecule has 2 aromatic rings. The lowest BCUT2D eigenvalue weighted by molar-refractivity contribution is -0.167. The molecule has 0 aliphatic carbocycles. The van der Waals surface area contributed by atoms with Crippen LogP contribution in [0.2, 0.25) is 10.0 Å². The summed E-state index contributed by atoms with van der Waals surface area (Å²) < 4.78 is 49.8. The quantitative estimate of drug-likeness (QED) is 0.561. The number of nitrogens with two attached hydrogens (primary N) is 1. The lowest BCUT2D eigenvalue weighted by Gasteiger charge is -2.33. The molecule has 3 N–H and O–H groups in total. The van der Waals surface area contributed by atoms with Crippen molar-refractivity contribution in [2.24, 2.45) is 11.7 Å². The fourth-order valence-corrected chi connectivity index (χ4v) is 3.63. The molecule has 0 radical (unpaired) electrons. The second-order valence-electron chi connectivity index (χ2n) is 6.92. The molecule has 0 bridgehead atoms. The van der Waals surface area contributed by atoms with Gasteiger partial charge in [0.25, 0.3) is 6.43 Å². The number of rotatable bonds is 9. The minimum Gasteiger partial charge on any atom is -0.485 e. The highest BCUT2D eigenvalue weighted by Gasteiger charge is 2.41. The maximum Gasteiger partial charge on any atom is 0.272 e. The summed E-state index contributed by atoms with van der Waals surface area (Å²) in [5.41, 5.74) is 5.62. The summed E-state index contributed by atoms with van der Waals surface area (Å²) in [6.07, 6.45) is -2.31. The third-order valence-electron chi connectivity index (χ3n) is 4.69. The van der Waals surface area contributed by atoms with Crippen LogP contribution in [0.25, 0.3) is 11.1 Å². The Morgan fingerprint density at radius 3 is 2.66 bits per heavy atom. The normalized spacial score (nSPS) is 17.7. The first-order chi connectivity index (χ1) is 15.2. The van der Waals surface area contributed by atoms with Crippen LogP contribution in [-0.4, -0.2) is 49.1 Å². The van der Waals surface area contributed by atoms with Crippen LogP contribution in [0.5, 0.6) is 5.75 Å². The fourth-order valence-electron chi connectivity index (χ4n) is 3.08. The van der Waals surface area contributed by atoms with Crippen molar-refractivity contribution in [3.8, 4) is 16.9 Å². The van der Waals surface area contributed by atoms with E-state index in [-0.39, 0.29) is 52.2 Å². The zero-order valence-electron chi connectivity index (χ0n) is 16.4. The Bertz CT molecular complexity index is 1030. The second-order valence-corrected chi connectivity index (χ2v) is 7.77. The average Bonchev–Trinajstić information content (AvgIpc) is 2.66. The number of carbonyl (C=O) groups excluding carboxylic acids is 2. The average molecular weight is 492 g/mol. The van der Waals surface area contributed by atoms with E-state index < -0.39 is 42.7 Å². The van der Waals surface area contributed by atoms with Gasteiger partial charge in [-0.3, -0.25) is 14.6 Å². The van der Waals surface area contributed by atoms with E-state index in [2.05, 4.69) is 10.3 Å². The molecule has 2 atom stereocenters. The minimum atomic E-state index is -2.73. The summed E-state index contributed by atoms with van der Waals surface area (Å²) >= 11 is 12.1. The zero-order chi connectivity index (χ0) is 23.4. The van der Waals surface area contributed by atoms with E-state index in [0.717, 1.165) is 6.07 Å². The molecule has 1 fully saturated rings. The zero-order valence-corrected chi connectivity index (χ0v) is 17.9. The smallest absolute Gasteiger partial charge is 0.272 e. The molecule has 1 aliphatic rings. The number of amides is 2. The maximum absolute atomic E-state index is 14.6. The first kappa shape index (κ1) is 24.1. The number of nitrogens with one attached hydrogen (secondary N) is 1. The van der Waals surface area contributed by atoms with Crippen molar-refractivity contribution in [1.82, 2.24) is 10.3 Å². The first-order valence-electron chi connectivity index (χ1n) is 9.40. The number of benzene rings is 1. The Balaban J connectivity index is 1.69. The van der Waals surface area contributed by atoms with Gasteiger partial charge in [-0.25, -0.2) is 13.2 Å². The van der Waals surface area contributed by atoms with E-state index in [0.29, 0.717) is 0 Å². The van der Waals surface area contributed by atoms with Crippen molar-refractivity contribution >= 4 is 35.0 Å². The van der Waals surface area contributed by atoms with Gasteiger partial charge in [-0.2, -0.15) is 0 Å². The van der Waals surface area contributed by atoms with Crippen LogP contribution >= 0.6 is 23.2 Å². The Labute approximate surface area is 191 Å². The molecule has 2 heterocycles. The minimum absolute atomic E-state index is 0.00501. The van der Waals surface area contributed by atoms with Crippen molar-refractivity contribution in [2.45, 2.75) is 19.0 Å². The van der Waals surface area contributed by atoms with Gasteiger partial charge in [-0.05, 0) is 18.2 Å². The van der Waals surface area contributed by atoms with Crippen LogP contribution in [0, 0.1) is 11.7 Å². The number of hydrogen-bond acceptors (Lipinski definition) is 5. The number of pyridine rings is 1. The number of primary amides is 1. The van der Waals surface area contributed by atoms with E-state index in [1.807, 2.05) is 0 Å².